The highest BCUT2D eigenvalue weighted by atomic mass is 32.2. The molecule has 17 heavy (non-hydrogen) atoms. The smallest absolute Gasteiger partial charge is 0.232 e. The van der Waals surface area contributed by atoms with Gasteiger partial charge in [0.15, 0.2) is 0 Å². The van der Waals surface area contributed by atoms with Crippen LogP contribution in [0.25, 0.3) is 11.0 Å². The van der Waals surface area contributed by atoms with Crippen LogP contribution in [0.2, 0.25) is 0 Å². The second-order valence-corrected chi connectivity index (χ2v) is 5.67. The van der Waals surface area contributed by atoms with Crippen molar-refractivity contribution in [3.05, 3.63) is 24.5 Å². The van der Waals surface area contributed by atoms with E-state index < -0.39 is 10.0 Å². The minimum atomic E-state index is -3.38. The van der Waals surface area contributed by atoms with Crippen molar-refractivity contribution in [3.63, 3.8) is 0 Å². The van der Waals surface area contributed by atoms with Crippen LogP contribution in [0.15, 0.2) is 24.5 Å². The molecule has 2 N–H and O–H groups in total. The summed E-state index contributed by atoms with van der Waals surface area (Å²) in [5, 5.41) is 0. The van der Waals surface area contributed by atoms with Crippen LogP contribution in [-0.2, 0) is 10.0 Å². The third kappa shape index (κ3) is 2.01. The SMILES string of the molecule is CN(c1c(N)ccc2nccnc12)S(C)(=O)=O. The Kier molecular flexibility index (Phi) is 2.62. The van der Waals surface area contributed by atoms with Crippen LogP contribution in [0.4, 0.5) is 11.4 Å². The Bertz CT molecular complexity index is 669. The maximum absolute atomic E-state index is 11.5. The first-order valence-corrected chi connectivity index (χ1v) is 6.69. The number of benzene rings is 1. The average molecular weight is 252 g/mol. The Balaban J connectivity index is 2.80. The zero-order chi connectivity index (χ0) is 12.6. The van der Waals surface area contributed by atoms with Crippen molar-refractivity contribution in [1.29, 1.82) is 0 Å². The number of rotatable bonds is 2. The van der Waals surface area contributed by atoms with E-state index in [-0.39, 0.29) is 0 Å². The molecule has 0 saturated carbocycles. The first-order valence-electron chi connectivity index (χ1n) is 4.84. The second kappa shape index (κ2) is 3.85. The molecule has 2 rings (SSSR count). The van der Waals surface area contributed by atoms with Crippen molar-refractivity contribution >= 4 is 32.4 Å². The monoisotopic (exact) mass is 252 g/mol. The standard InChI is InChI=1S/C10H12N4O2S/c1-14(17(2,15)16)10-7(11)3-4-8-9(10)13-6-5-12-8/h3-6H,11H2,1-2H3. The van der Waals surface area contributed by atoms with E-state index in [1.54, 1.807) is 18.3 Å². The normalized spacial score (nSPS) is 11.6. The summed E-state index contributed by atoms with van der Waals surface area (Å²) in [6.07, 6.45) is 4.16. The van der Waals surface area contributed by atoms with Gasteiger partial charge in [-0.05, 0) is 12.1 Å². The first-order chi connectivity index (χ1) is 7.91. The van der Waals surface area contributed by atoms with Crippen LogP contribution in [0.5, 0.6) is 0 Å². The van der Waals surface area contributed by atoms with Gasteiger partial charge in [-0.15, -0.1) is 0 Å². The molecule has 0 aliphatic heterocycles. The molecular weight excluding hydrogens is 240 g/mol. The molecule has 0 unspecified atom stereocenters. The summed E-state index contributed by atoms with van der Waals surface area (Å²) in [4.78, 5) is 8.24. The summed E-state index contributed by atoms with van der Waals surface area (Å²) in [6, 6.07) is 3.32. The number of aromatic nitrogens is 2. The minimum absolute atomic E-state index is 0.353. The summed E-state index contributed by atoms with van der Waals surface area (Å²) >= 11 is 0. The Morgan fingerprint density at radius 1 is 1.24 bits per heavy atom. The highest BCUT2D eigenvalue weighted by molar-refractivity contribution is 7.92. The molecular formula is C10H12N4O2S. The van der Waals surface area contributed by atoms with E-state index in [0.29, 0.717) is 22.4 Å². The Hall–Kier alpha value is -1.89. The number of hydrogen-bond acceptors (Lipinski definition) is 5. The molecule has 1 heterocycles. The van der Waals surface area contributed by atoms with Crippen molar-refractivity contribution in [1.82, 2.24) is 9.97 Å². The van der Waals surface area contributed by atoms with Gasteiger partial charge in [0, 0.05) is 19.4 Å². The average Bonchev–Trinajstić information content (AvgIpc) is 2.27. The lowest BCUT2D eigenvalue weighted by atomic mass is 10.2. The maximum Gasteiger partial charge on any atom is 0.232 e. The lowest BCUT2D eigenvalue weighted by molar-refractivity contribution is 0.600. The molecule has 0 aliphatic rings. The summed E-state index contributed by atoms with van der Waals surface area (Å²) in [5.74, 6) is 0. The number of fused-ring (bicyclic) bond motifs is 1. The number of hydrogen-bond donors (Lipinski definition) is 1. The van der Waals surface area contributed by atoms with Gasteiger partial charge in [0.05, 0.1) is 17.5 Å². The fourth-order valence-corrected chi connectivity index (χ4v) is 2.06. The Morgan fingerprint density at radius 2 is 1.88 bits per heavy atom. The van der Waals surface area contributed by atoms with Crippen LogP contribution in [0.3, 0.4) is 0 Å². The molecule has 1 aromatic carbocycles. The van der Waals surface area contributed by atoms with Crippen molar-refractivity contribution in [2.45, 2.75) is 0 Å². The third-order valence-electron chi connectivity index (χ3n) is 2.46. The van der Waals surface area contributed by atoms with Crippen LogP contribution in [0, 0.1) is 0 Å². The molecule has 1 aromatic heterocycles. The van der Waals surface area contributed by atoms with Crippen LogP contribution in [0.1, 0.15) is 0 Å². The van der Waals surface area contributed by atoms with Crippen LogP contribution in [-0.4, -0.2) is 31.7 Å². The van der Waals surface area contributed by atoms with E-state index in [0.717, 1.165) is 10.6 Å². The van der Waals surface area contributed by atoms with Gasteiger partial charge in [-0.25, -0.2) is 8.42 Å². The van der Waals surface area contributed by atoms with Gasteiger partial charge in [0.1, 0.15) is 11.2 Å². The van der Waals surface area contributed by atoms with Crippen molar-refractivity contribution in [3.8, 4) is 0 Å². The highest BCUT2D eigenvalue weighted by Crippen LogP contribution is 2.30. The zero-order valence-corrected chi connectivity index (χ0v) is 10.3. The summed E-state index contributed by atoms with van der Waals surface area (Å²) in [7, 11) is -1.94. The molecule has 0 spiro atoms. The van der Waals surface area contributed by atoms with Gasteiger partial charge in [0.25, 0.3) is 0 Å². The number of sulfonamides is 1. The predicted octanol–water partition coefficient (Wildman–Crippen LogP) is 0.608. The van der Waals surface area contributed by atoms with E-state index in [9.17, 15) is 8.42 Å². The van der Waals surface area contributed by atoms with E-state index in [1.165, 1.54) is 13.2 Å². The molecule has 0 saturated heterocycles. The molecule has 6 nitrogen and oxygen atoms in total. The molecule has 2 aromatic rings. The molecule has 0 bridgehead atoms. The molecule has 7 heteroatoms. The van der Waals surface area contributed by atoms with Crippen molar-refractivity contribution < 1.29 is 8.42 Å². The maximum atomic E-state index is 11.5. The highest BCUT2D eigenvalue weighted by Gasteiger charge is 2.18. The van der Waals surface area contributed by atoms with E-state index in [2.05, 4.69) is 9.97 Å². The van der Waals surface area contributed by atoms with Crippen molar-refractivity contribution in [2.75, 3.05) is 23.3 Å². The lowest BCUT2D eigenvalue weighted by Gasteiger charge is -2.19. The number of anilines is 2. The van der Waals surface area contributed by atoms with Crippen LogP contribution >= 0.6 is 0 Å². The van der Waals surface area contributed by atoms with E-state index in [1.807, 2.05) is 0 Å². The quantitative estimate of drug-likeness (QED) is 0.791. The van der Waals surface area contributed by atoms with Gasteiger partial charge < -0.3 is 5.73 Å². The summed E-state index contributed by atoms with van der Waals surface area (Å²) in [6.45, 7) is 0. The van der Waals surface area contributed by atoms with Gasteiger partial charge in [-0.1, -0.05) is 0 Å². The van der Waals surface area contributed by atoms with E-state index in [4.69, 9.17) is 5.73 Å². The van der Waals surface area contributed by atoms with E-state index >= 15 is 0 Å². The van der Waals surface area contributed by atoms with Gasteiger partial charge >= 0.3 is 0 Å². The van der Waals surface area contributed by atoms with Gasteiger partial charge in [0.2, 0.25) is 10.0 Å². The minimum Gasteiger partial charge on any atom is -0.397 e. The van der Waals surface area contributed by atoms with Crippen LogP contribution < -0.4 is 10.0 Å². The lowest BCUT2D eigenvalue weighted by Crippen LogP contribution is -2.26. The molecule has 90 valence electrons. The zero-order valence-electron chi connectivity index (χ0n) is 9.45. The third-order valence-corrected chi connectivity index (χ3v) is 3.63. The molecule has 0 radical (unpaired) electrons. The van der Waals surface area contributed by atoms with Gasteiger partial charge in [-0.2, -0.15) is 0 Å². The second-order valence-electron chi connectivity index (χ2n) is 3.66. The number of nitrogens with zero attached hydrogens (tertiary/aromatic N) is 3. The van der Waals surface area contributed by atoms with Gasteiger partial charge in [-0.3, -0.25) is 14.3 Å². The number of nitrogens with two attached hydrogens (primary N) is 1. The Labute approximate surface area is 99.1 Å². The molecule has 0 fully saturated rings. The summed E-state index contributed by atoms with van der Waals surface area (Å²) in [5.41, 5.74) is 7.60. The molecule has 0 atom stereocenters. The largest absolute Gasteiger partial charge is 0.397 e. The summed E-state index contributed by atoms with van der Waals surface area (Å²) < 4.78 is 24.2. The van der Waals surface area contributed by atoms with Crippen molar-refractivity contribution in [2.24, 2.45) is 0 Å². The number of nitrogen functional groups attached to an aromatic ring is 1. The fraction of sp³-hybridized carbons (Fsp3) is 0.200. The fourth-order valence-electron chi connectivity index (χ4n) is 1.53. The molecule has 0 aliphatic carbocycles. The predicted molar refractivity (Wildman–Crippen MR) is 67.2 cm³/mol. The Morgan fingerprint density at radius 3 is 2.53 bits per heavy atom. The topological polar surface area (TPSA) is 89.2 Å². The molecule has 0 amide bonds. The first kappa shape index (κ1) is 11.6.